The lowest BCUT2D eigenvalue weighted by atomic mass is 9.82. The molecule has 0 bridgehead atoms. The minimum Gasteiger partial charge on any atom is -0.389 e. The van der Waals surface area contributed by atoms with Gasteiger partial charge in [-0.2, -0.15) is 0 Å². The number of hydrogen-bond donors (Lipinski definition) is 1. The van der Waals surface area contributed by atoms with E-state index in [2.05, 4.69) is 0 Å². The summed E-state index contributed by atoms with van der Waals surface area (Å²) in [6.45, 7) is 6.89. The van der Waals surface area contributed by atoms with E-state index >= 15 is 0 Å². The molecule has 6 heteroatoms. The van der Waals surface area contributed by atoms with E-state index in [9.17, 15) is 14.1 Å². The summed E-state index contributed by atoms with van der Waals surface area (Å²) >= 11 is 0. The molecule has 0 aromatic heterocycles. The highest BCUT2D eigenvalue weighted by atomic mass is 32.2. The third kappa shape index (κ3) is 2.39. The highest BCUT2D eigenvalue weighted by Crippen LogP contribution is 2.51. The van der Waals surface area contributed by atoms with Gasteiger partial charge in [0.1, 0.15) is 10.9 Å². The molecule has 1 spiro atoms. The Kier molecular flexibility index (Phi) is 3.80. The number of hydrogen-bond acceptors (Lipinski definition) is 5. The van der Waals surface area contributed by atoms with E-state index in [-0.39, 0.29) is 12.2 Å². The van der Waals surface area contributed by atoms with Gasteiger partial charge in [-0.15, -0.1) is 0 Å². The number of benzene rings is 1. The van der Waals surface area contributed by atoms with Crippen molar-refractivity contribution in [2.75, 3.05) is 0 Å². The summed E-state index contributed by atoms with van der Waals surface area (Å²) in [6, 6.07) is 8.83. The molecule has 0 radical (unpaired) electrons. The number of aliphatic hydroxyl groups is 1. The number of carbonyl (C=O) groups is 1. The molecule has 1 aromatic carbocycles. The van der Waals surface area contributed by atoms with Crippen molar-refractivity contribution in [3.63, 3.8) is 0 Å². The number of rotatable bonds is 2. The summed E-state index contributed by atoms with van der Waals surface area (Å²) in [4.78, 5) is 13.7. The van der Waals surface area contributed by atoms with Crippen molar-refractivity contribution in [3.05, 3.63) is 30.3 Å². The van der Waals surface area contributed by atoms with Crippen LogP contribution in [0.2, 0.25) is 0 Å². The Morgan fingerprint density at radius 2 is 1.74 bits per heavy atom. The van der Waals surface area contributed by atoms with E-state index in [4.69, 9.17) is 9.47 Å². The Morgan fingerprint density at radius 1 is 1.13 bits per heavy atom. The Morgan fingerprint density at radius 3 is 2.26 bits per heavy atom. The molecule has 1 saturated heterocycles. The summed E-state index contributed by atoms with van der Waals surface area (Å²) in [5.41, 5.74) is -2.48. The molecular formula is C17H22O5S. The Bertz CT molecular complexity index is 654. The van der Waals surface area contributed by atoms with Crippen LogP contribution < -0.4 is 0 Å². The van der Waals surface area contributed by atoms with Gasteiger partial charge in [0.15, 0.2) is 17.2 Å². The highest BCUT2D eigenvalue weighted by Gasteiger charge is 2.71. The fraction of sp³-hybridized carbons (Fsp3) is 0.588. The van der Waals surface area contributed by atoms with E-state index in [1.165, 1.54) is 0 Å². The van der Waals surface area contributed by atoms with Gasteiger partial charge in [-0.05, 0) is 46.2 Å². The first-order chi connectivity index (χ1) is 10.6. The second kappa shape index (κ2) is 5.21. The molecule has 1 aliphatic carbocycles. The summed E-state index contributed by atoms with van der Waals surface area (Å²) < 4.78 is 24.5. The minimum absolute atomic E-state index is 0.100. The van der Waals surface area contributed by atoms with E-state index in [1.807, 2.05) is 6.07 Å². The first-order valence-corrected chi connectivity index (χ1v) is 8.90. The largest absolute Gasteiger partial charge is 0.389 e. The maximum Gasteiger partial charge on any atom is 0.186 e. The average Bonchev–Trinajstić information content (AvgIpc) is 2.83. The Labute approximate surface area is 138 Å². The van der Waals surface area contributed by atoms with Crippen LogP contribution in [0.1, 0.15) is 34.1 Å². The molecule has 4 unspecified atom stereocenters. The van der Waals surface area contributed by atoms with Gasteiger partial charge >= 0.3 is 0 Å². The fourth-order valence-corrected chi connectivity index (χ4v) is 5.30. The van der Waals surface area contributed by atoms with E-state index in [1.54, 1.807) is 52.0 Å². The maximum absolute atomic E-state index is 13.1. The van der Waals surface area contributed by atoms with Crippen molar-refractivity contribution < 1.29 is 23.6 Å². The average molecular weight is 338 g/mol. The van der Waals surface area contributed by atoms with Crippen LogP contribution in [-0.2, 0) is 25.1 Å². The lowest BCUT2D eigenvalue weighted by Crippen LogP contribution is -2.58. The van der Waals surface area contributed by atoms with Crippen LogP contribution in [0.4, 0.5) is 0 Å². The lowest BCUT2D eigenvalue weighted by Gasteiger charge is -2.35. The number of Topliss-reactive ketones (excluding diaryl/α,β-unsaturated/α-hetero) is 1. The second-order valence-corrected chi connectivity index (χ2v) is 8.70. The van der Waals surface area contributed by atoms with Crippen molar-refractivity contribution in [3.8, 4) is 0 Å². The molecule has 1 aliphatic heterocycles. The molecule has 1 heterocycles. The monoisotopic (exact) mass is 338 g/mol. The molecule has 0 amide bonds. The summed E-state index contributed by atoms with van der Waals surface area (Å²) in [6.07, 6.45) is -0.951. The molecule has 1 aromatic rings. The molecule has 3 rings (SSSR count). The number of ketones is 1. The van der Waals surface area contributed by atoms with E-state index < -0.39 is 39.1 Å². The molecule has 2 aliphatic rings. The van der Waals surface area contributed by atoms with Crippen molar-refractivity contribution in [2.45, 2.75) is 67.4 Å². The zero-order valence-electron chi connectivity index (χ0n) is 13.7. The smallest absolute Gasteiger partial charge is 0.186 e. The van der Waals surface area contributed by atoms with Gasteiger partial charge in [-0.25, -0.2) is 0 Å². The van der Waals surface area contributed by atoms with E-state index in [0.29, 0.717) is 4.90 Å². The van der Waals surface area contributed by atoms with Crippen LogP contribution in [0, 0.1) is 0 Å². The summed E-state index contributed by atoms with van der Waals surface area (Å²) in [7, 11) is -1.53. The number of ether oxygens (including phenoxy) is 2. The van der Waals surface area contributed by atoms with Crippen molar-refractivity contribution >= 4 is 16.6 Å². The van der Waals surface area contributed by atoms with Crippen molar-refractivity contribution in [1.82, 2.24) is 0 Å². The van der Waals surface area contributed by atoms with Gasteiger partial charge in [0.05, 0.1) is 16.9 Å². The van der Waals surface area contributed by atoms with Crippen LogP contribution in [0.3, 0.4) is 0 Å². The highest BCUT2D eigenvalue weighted by molar-refractivity contribution is 7.86. The zero-order valence-corrected chi connectivity index (χ0v) is 14.6. The first kappa shape index (κ1) is 16.8. The van der Waals surface area contributed by atoms with Gasteiger partial charge in [-0.3, -0.25) is 9.00 Å². The topological polar surface area (TPSA) is 72.8 Å². The predicted molar refractivity (Wildman–Crippen MR) is 85.3 cm³/mol. The third-order valence-electron chi connectivity index (χ3n) is 4.60. The van der Waals surface area contributed by atoms with Gasteiger partial charge in [-0.1, -0.05) is 18.2 Å². The quantitative estimate of drug-likeness (QED) is 0.890. The lowest BCUT2D eigenvalue weighted by molar-refractivity contribution is -0.182. The van der Waals surface area contributed by atoms with Crippen LogP contribution in [0.5, 0.6) is 0 Å². The van der Waals surface area contributed by atoms with Crippen LogP contribution in [-0.4, -0.2) is 43.4 Å². The van der Waals surface area contributed by atoms with Gasteiger partial charge in [0.25, 0.3) is 0 Å². The summed E-state index contributed by atoms with van der Waals surface area (Å²) in [5, 5.41) is 9.82. The summed E-state index contributed by atoms with van der Waals surface area (Å²) in [5.74, 6) is -1.33. The van der Waals surface area contributed by atoms with Gasteiger partial charge in [0, 0.05) is 4.90 Å². The molecule has 4 atom stereocenters. The van der Waals surface area contributed by atoms with E-state index in [0.717, 1.165) is 0 Å². The molecule has 1 saturated carbocycles. The number of carbonyl (C=O) groups excluding carboxylic acids is 1. The molecule has 126 valence electrons. The standard InChI is InChI=1S/C17H22O5S/c1-15(2)17(22-16(3,4)21-15)13(18)10-12(14(17)19)23(20)11-8-6-5-7-9-11/h5-9,12-13,18H,10H2,1-4H3. The Hall–Kier alpha value is -1.08. The minimum atomic E-state index is -1.53. The van der Waals surface area contributed by atoms with Crippen molar-refractivity contribution in [1.29, 1.82) is 0 Å². The normalized spacial score (nSPS) is 36.5. The molecule has 1 N–H and O–H groups in total. The Balaban J connectivity index is 1.98. The molecular weight excluding hydrogens is 316 g/mol. The maximum atomic E-state index is 13.1. The van der Waals surface area contributed by atoms with Crippen LogP contribution in [0.15, 0.2) is 35.2 Å². The molecule has 23 heavy (non-hydrogen) atoms. The van der Waals surface area contributed by atoms with Gasteiger partial charge in [0.2, 0.25) is 0 Å². The third-order valence-corrected chi connectivity index (χ3v) is 6.26. The van der Waals surface area contributed by atoms with Crippen LogP contribution in [0.25, 0.3) is 0 Å². The second-order valence-electron chi connectivity index (χ2n) is 7.06. The fourth-order valence-electron chi connectivity index (χ4n) is 3.82. The first-order valence-electron chi connectivity index (χ1n) is 7.69. The van der Waals surface area contributed by atoms with Crippen LogP contribution >= 0.6 is 0 Å². The van der Waals surface area contributed by atoms with Crippen molar-refractivity contribution in [2.24, 2.45) is 0 Å². The molecule has 2 fully saturated rings. The zero-order chi connectivity index (χ0) is 17.0. The number of aliphatic hydroxyl groups excluding tert-OH is 1. The SMILES string of the molecule is CC1(C)OC(C)(C)C2(O1)C(=O)C(S(=O)c1ccccc1)CC2O. The predicted octanol–water partition coefficient (Wildman–Crippen LogP) is 1.80. The molecule has 5 nitrogen and oxygen atoms in total. The van der Waals surface area contributed by atoms with Gasteiger partial charge < -0.3 is 14.6 Å².